The minimum absolute atomic E-state index is 0.0140. The predicted molar refractivity (Wildman–Crippen MR) is 123 cm³/mol. The minimum atomic E-state index is -1.12. The van der Waals surface area contributed by atoms with E-state index in [2.05, 4.69) is 10.6 Å². The molecule has 1 saturated carbocycles. The van der Waals surface area contributed by atoms with Crippen LogP contribution >= 0.6 is 0 Å². The molecule has 180 valence electrons. The van der Waals surface area contributed by atoms with E-state index >= 15 is 0 Å². The molecule has 34 heavy (non-hydrogen) atoms. The van der Waals surface area contributed by atoms with Gasteiger partial charge in [0.15, 0.2) is 0 Å². The van der Waals surface area contributed by atoms with E-state index in [9.17, 15) is 29.4 Å². The summed E-state index contributed by atoms with van der Waals surface area (Å²) >= 11 is 0. The van der Waals surface area contributed by atoms with Gasteiger partial charge in [0.1, 0.15) is 11.8 Å². The van der Waals surface area contributed by atoms with Crippen molar-refractivity contribution in [1.29, 1.82) is 0 Å². The Kier molecular flexibility index (Phi) is 8.24. The van der Waals surface area contributed by atoms with Crippen molar-refractivity contribution in [3.05, 3.63) is 60.2 Å². The number of benzene rings is 2. The lowest BCUT2D eigenvalue weighted by atomic mass is 9.74. The van der Waals surface area contributed by atoms with Crippen LogP contribution in [0.1, 0.15) is 24.8 Å². The number of carbonyl (C=O) groups is 4. The zero-order valence-corrected chi connectivity index (χ0v) is 18.8. The number of nitrogens with one attached hydrogen (secondary N) is 2. The number of aliphatic carboxylic acids is 2. The molecule has 2 amide bonds. The molecule has 9 nitrogen and oxygen atoms in total. The van der Waals surface area contributed by atoms with Crippen molar-refractivity contribution in [2.45, 2.75) is 31.7 Å². The molecule has 4 N–H and O–H groups in total. The number of ether oxygens (including phenoxy) is 1. The second-order valence-electron chi connectivity index (χ2n) is 8.44. The normalized spacial score (nSPS) is 20.6. The third kappa shape index (κ3) is 6.57. The first-order valence-corrected chi connectivity index (χ1v) is 11.0. The molecule has 0 heterocycles. The molecule has 0 radical (unpaired) electrons. The lowest BCUT2D eigenvalue weighted by Gasteiger charge is -2.31. The Morgan fingerprint density at radius 3 is 1.97 bits per heavy atom. The van der Waals surface area contributed by atoms with Crippen molar-refractivity contribution in [1.82, 2.24) is 5.32 Å². The van der Waals surface area contributed by atoms with Crippen LogP contribution in [-0.2, 0) is 25.6 Å². The van der Waals surface area contributed by atoms with Gasteiger partial charge in [0.05, 0.1) is 18.9 Å². The first-order valence-electron chi connectivity index (χ1n) is 11.0. The second-order valence-corrected chi connectivity index (χ2v) is 8.44. The van der Waals surface area contributed by atoms with E-state index in [0.717, 1.165) is 5.56 Å². The summed E-state index contributed by atoms with van der Waals surface area (Å²) in [4.78, 5) is 49.2. The highest BCUT2D eigenvalue weighted by molar-refractivity contribution is 5.97. The van der Waals surface area contributed by atoms with E-state index in [1.165, 1.54) is 7.11 Å². The highest BCUT2D eigenvalue weighted by atomic mass is 16.5. The van der Waals surface area contributed by atoms with Crippen molar-refractivity contribution in [2.24, 2.45) is 17.8 Å². The molecule has 2 aromatic carbocycles. The van der Waals surface area contributed by atoms with Gasteiger partial charge in [-0.3, -0.25) is 19.2 Å². The summed E-state index contributed by atoms with van der Waals surface area (Å²) in [6.07, 6.45) is 0.262. The van der Waals surface area contributed by atoms with E-state index in [1.807, 2.05) is 30.3 Å². The average molecular weight is 469 g/mol. The van der Waals surface area contributed by atoms with Gasteiger partial charge in [0, 0.05) is 18.0 Å². The molecule has 0 aromatic heterocycles. The van der Waals surface area contributed by atoms with E-state index < -0.39 is 47.5 Å². The third-order valence-electron chi connectivity index (χ3n) is 6.05. The number of hydrogen-bond acceptors (Lipinski definition) is 5. The van der Waals surface area contributed by atoms with Gasteiger partial charge >= 0.3 is 11.9 Å². The van der Waals surface area contributed by atoms with Gasteiger partial charge in [0.25, 0.3) is 0 Å². The Bertz CT molecular complexity index is 1000. The van der Waals surface area contributed by atoms with Gasteiger partial charge < -0.3 is 25.6 Å². The summed E-state index contributed by atoms with van der Waals surface area (Å²) < 4.78 is 5.12. The van der Waals surface area contributed by atoms with E-state index in [0.29, 0.717) is 11.4 Å². The molecule has 0 saturated heterocycles. The van der Waals surface area contributed by atoms with Crippen molar-refractivity contribution >= 4 is 29.4 Å². The Morgan fingerprint density at radius 2 is 1.44 bits per heavy atom. The third-order valence-corrected chi connectivity index (χ3v) is 6.05. The number of rotatable bonds is 9. The highest BCUT2D eigenvalue weighted by Gasteiger charge is 2.40. The van der Waals surface area contributed by atoms with Gasteiger partial charge in [-0.15, -0.1) is 0 Å². The van der Waals surface area contributed by atoms with Gasteiger partial charge in [-0.25, -0.2) is 0 Å². The molecule has 3 rings (SSSR count). The molecule has 1 aliphatic carbocycles. The number of carboxylic acid groups (broad SMARTS) is 2. The Hall–Kier alpha value is -3.88. The van der Waals surface area contributed by atoms with Crippen molar-refractivity contribution < 1.29 is 34.1 Å². The maximum Gasteiger partial charge on any atom is 0.306 e. The largest absolute Gasteiger partial charge is 0.497 e. The van der Waals surface area contributed by atoms with Crippen LogP contribution < -0.4 is 15.4 Å². The summed E-state index contributed by atoms with van der Waals surface area (Å²) in [6.45, 7) is 0. The first-order chi connectivity index (χ1) is 16.3. The highest BCUT2D eigenvalue weighted by Crippen LogP contribution is 2.34. The Labute approximate surface area is 197 Å². The number of methoxy groups -OCH3 is 1. The van der Waals surface area contributed by atoms with Crippen molar-refractivity contribution in [2.75, 3.05) is 12.4 Å². The summed E-state index contributed by atoms with van der Waals surface area (Å²) in [5.74, 6) is -5.25. The first kappa shape index (κ1) is 24.8. The van der Waals surface area contributed by atoms with Crippen LogP contribution in [0.15, 0.2) is 54.6 Å². The van der Waals surface area contributed by atoms with E-state index in [1.54, 1.807) is 24.3 Å². The fourth-order valence-electron chi connectivity index (χ4n) is 4.19. The number of amides is 2. The molecule has 1 aliphatic rings. The molecule has 9 heteroatoms. The number of anilines is 1. The smallest absolute Gasteiger partial charge is 0.306 e. The van der Waals surface area contributed by atoms with Crippen LogP contribution in [0.2, 0.25) is 0 Å². The van der Waals surface area contributed by atoms with Crippen LogP contribution in [-0.4, -0.2) is 47.1 Å². The zero-order chi connectivity index (χ0) is 24.7. The predicted octanol–water partition coefficient (Wildman–Crippen LogP) is 2.56. The van der Waals surface area contributed by atoms with Crippen LogP contribution in [0.25, 0.3) is 0 Å². The number of hydrogen-bond donors (Lipinski definition) is 4. The van der Waals surface area contributed by atoms with Crippen LogP contribution in [0.3, 0.4) is 0 Å². The molecule has 2 aromatic rings. The fraction of sp³-hybridized carbons (Fsp3) is 0.360. The lowest BCUT2D eigenvalue weighted by molar-refractivity contribution is -0.150. The molecule has 0 spiro atoms. The molecular formula is C25H28N2O7. The summed E-state index contributed by atoms with van der Waals surface area (Å²) in [6, 6.07) is 15.0. The lowest BCUT2D eigenvalue weighted by Crippen LogP contribution is -2.49. The second kappa shape index (κ2) is 11.3. The van der Waals surface area contributed by atoms with Gasteiger partial charge in [-0.05, 0) is 49.1 Å². The van der Waals surface area contributed by atoms with Gasteiger partial charge in [0.2, 0.25) is 11.8 Å². The maximum absolute atomic E-state index is 13.1. The minimum Gasteiger partial charge on any atom is -0.497 e. The molecule has 1 fully saturated rings. The summed E-state index contributed by atoms with van der Waals surface area (Å²) in [7, 11) is 1.54. The number of carbonyl (C=O) groups excluding carboxylic acids is 2. The summed E-state index contributed by atoms with van der Waals surface area (Å²) in [5.41, 5.74) is 1.35. The average Bonchev–Trinajstić information content (AvgIpc) is 2.84. The fourth-order valence-corrected chi connectivity index (χ4v) is 4.19. The van der Waals surface area contributed by atoms with Crippen LogP contribution in [0, 0.1) is 17.8 Å². The maximum atomic E-state index is 13.1. The van der Waals surface area contributed by atoms with Gasteiger partial charge in [-0.2, -0.15) is 0 Å². The quantitative estimate of drug-likeness (QED) is 0.443. The Balaban J connectivity index is 1.76. The van der Waals surface area contributed by atoms with Crippen LogP contribution in [0.4, 0.5) is 5.69 Å². The summed E-state index contributed by atoms with van der Waals surface area (Å²) in [5, 5.41) is 24.3. The molecule has 0 unspecified atom stereocenters. The SMILES string of the molecule is COc1ccc(NC(=O)[C@H](Cc2ccccc2)NC(=O)[C@@H]2C[C@H](C(=O)O)C[C@H](C(=O)O)C2)cc1. The van der Waals surface area contributed by atoms with Crippen molar-refractivity contribution in [3.63, 3.8) is 0 Å². The van der Waals surface area contributed by atoms with E-state index in [4.69, 9.17) is 4.74 Å². The van der Waals surface area contributed by atoms with Gasteiger partial charge in [-0.1, -0.05) is 30.3 Å². The zero-order valence-electron chi connectivity index (χ0n) is 18.8. The van der Waals surface area contributed by atoms with Crippen LogP contribution in [0.5, 0.6) is 5.75 Å². The molecule has 4 atom stereocenters. The van der Waals surface area contributed by atoms with Crippen molar-refractivity contribution in [3.8, 4) is 5.75 Å². The van der Waals surface area contributed by atoms with E-state index in [-0.39, 0.29) is 25.7 Å². The molecule has 0 aliphatic heterocycles. The topological polar surface area (TPSA) is 142 Å². The Morgan fingerprint density at radius 1 is 0.882 bits per heavy atom. The monoisotopic (exact) mass is 468 g/mol. The molecule has 0 bridgehead atoms. The molecular weight excluding hydrogens is 440 g/mol. The standard InChI is InChI=1S/C25H28N2O7/c1-34-20-9-7-19(8-10-20)26-23(29)21(11-15-5-3-2-4-6-15)27-22(28)16-12-17(24(30)31)14-18(13-16)25(32)33/h2-10,16-18,21H,11-14H2,1H3,(H,26,29)(H,27,28)(H,30,31)(H,32,33)/t16-,17+,18-,21-/m0/s1. The number of carboxylic acids is 2.